The van der Waals surface area contributed by atoms with Crippen LogP contribution < -0.4 is 0 Å². The van der Waals surface area contributed by atoms with Gasteiger partial charge in [-0.25, -0.2) is 9.78 Å². The molecule has 11 nitrogen and oxygen atoms in total. The van der Waals surface area contributed by atoms with Gasteiger partial charge in [-0.05, 0) is 46.5 Å². The van der Waals surface area contributed by atoms with Gasteiger partial charge >= 0.3 is 6.09 Å². The van der Waals surface area contributed by atoms with E-state index in [1.807, 2.05) is 45.4 Å². The average Bonchev–Trinajstić information content (AvgIpc) is 3.28. The minimum absolute atomic E-state index is 0.0776. The lowest BCUT2D eigenvalue weighted by atomic mass is 9.74. The van der Waals surface area contributed by atoms with E-state index in [2.05, 4.69) is 20.9 Å². The van der Waals surface area contributed by atoms with E-state index in [9.17, 15) is 19.5 Å². The highest BCUT2D eigenvalue weighted by Crippen LogP contribution is 2.38. The molecular formula is C28H46BrN5O6. The Morgan fingerprint density at radius 1 is 1.23 bits per heavy atom. The third-order valence-corrected chi connectivity index (χ3v) is 7.99. The molecule has 3 rings (SSSR count). The highest BCUT2D eigenvalue weighted by Gasteiger charge is 2.50. The summed E-state index contributed by atoms with van der Waals surface area (Å²) >= 11 is 3.44. The molecule has 3 atom stereocenters. The smallest absolute Gasteiger partial charge is 0.407 e. The number of aromatic nitrogens is 2. The standard InChI is InChI=1S/C28H46BrN5O6/c1-19(2)16-33(26(36)24-30-22(29)18-32(24)9-7-8-12-39-6)21-15-20(25(35)31-10-13-40-14-11-31)17-34(27(37)38)23(21)28(3,4)5/h18-21,23H,7-17H2,1-6H3,(H,37,38)/t20-,21+,23?/m1/s1. The van der Waals surface area contributed by atoms with Crippen LogP contribution in [0.1, 0.15) is 64.5 Å². The largest absolute Gasteiger partial charge is 0.465 e. The average molecular weight is 629 g/mol. The van der Waals surface area contributed by atoms with Crippen LogP contribution in [0.2, 0.25) is 0 Å². The molecule has 2 saturated heterocycles. The van der Waals surface area contributed by atoms with E-state index in [0.29, 0.717) is 62.8 Å². The van der Waals surface area contributed by atoms with Crippen molar-refractivity contribution in [2.24, 2.45) is 17.3 Å². The Balaban J connectivity index is 2.02. The van der Waals surface area contributed by atoms with Crippen LogP contribution in [0.4, 0.5) is 4.79 Å². The Morgan fingerprint density at radius 3 is 2.48 bits per heavy atom. The van der Waals surface area contributed by atoms with Crippen LogP contribution in [0, 0.1) is 17.3 Å². The second-order valence-corrected chi connectivity index (χ2v) is 13.1. The molecule has 0 bridgehead atoms. The minimum atomic E-state index is -1.08. The van der Waals surface area contributed by atoms with Gasteiger partial charge in [-0.2, -0.15) is 0 Å². The van der Waals surface area contributed by atoms with Crippen LogP contribution in [0.5, 0.6) is 0 Å². The Bertz CT molecular complexity index is 1020. The van der Waals surface area contributed by atoms with E-state index >= 15 is 0 Å². The number of amides is 3. The summed E-state index contributed by atoms with van der Waals surface area (Å²) in [4.78, 5) is 50.1. The van der Waals surface area contributed by atoms with Gasteiger partial charge in [0.2, 0.25) is 5.91 Å². The second kappa shape index (κ2) is 14.1. The fraction of sp³-hybridized carbons (Fsp3) is 0.786. The van der Waals surface area contributed by atoms with Gasteiger partial charge in [0.15, 0.2) is 5.82 Å². The number of hydrogen-bond acceptors (Lipinski definition) is 6. The number of methoxy groups -OCH3 is 1. The van der Waals surface area contributed by atoms with Crippen molar-refractivity contribution in [3.8, 4) is 0 Å². The van der Waals surface area contributed by atoms with E-state index in [4.69, 9.17) is 9.47 Å². The van der Waals surface area contributed by atoms with Crippen molar-refractivity contribution in [2.75, 3.05) is 53.1 Å². The van der Waals surface area contributed by atoms with Crippen LogP contribution in [-0.2, 0) is 20.8 Å². The molecule has 0 radical (unpaired) electrons. The zero-order valence-corrected chi connectivity index (χ0v) is 26.4. The Kier molecular flexibility index (Phi) is 11.4. The van der Waals surface area contributed by atoms with Gasteiger partial charge < -0.3 is 33.8 Å². The number of piperidine rings is 1. The molecule has 2 aliphatic heterocycles. The number of unbranched alkanes of at least 4 members (excludes halogenated alkanes) is 1. The highest BCUT2D eigenvalue weighted by molar-refractivity contribution is 9.10. The van der Waals surface area contributed by atoms with Gasteiger partial charge in [0.05, 0.1) is 31.2 Å². The Hall–Kier alpha value is -2.18. The molecule has 3 amide bonds. The fourth-order valence-electron chi connectivity index (χ4n) is 5.96. The summed E-state index contributed by atoms with van der Waals surface area (Å²) < 4.78 is 13.0. The van der Waals surface area contributed by atoms with E-state index in [1.54, 1.807) is 16.9 Å². The summed E-state index contributed by atoms with van der Waals surface area (Å²) in [5.41, 5.74) is -0.484. The van der Waals surface area contributed by atoms with Gasteiger partial charge in [-0.1, -0.05) is 34.6 Å². The molecule has 2 aliphatic rings. The van der Waals surface area contributed by atoms with Crippen LogP contribution in [0.25, 0.3) is 0 Å². The van der Waals surface area contributed by atoms with Crippen molar-refractivity contribution in [2.45, 2.75) is 72.5 Å². The lowest BCUT2D eigenvalue weighted by molar-refractivity contribution is -0.144. The number of ether oxygens (including phenoxy) is 2. The van der Waals surface area contributed by atoms with Crippen LogP contribution >= 0.6 is 15.9 Å². The van der Waals surface area contributed by atoms with E-state index in [-0.39, 0.29) is 24.3 Å². The van der Waals surface area contributed by atoms with Gasteiger partial charge in [0.1, 0.15) is 4.60 Å². The van der Waals surface area contributed by atoms with Crippen LogP contribution in [0.15, 0.2) is 10.8 Å². The quantitative estimate of drug-likeness (QED) is 0.392. The highest BCUT2D eigenvalue weighted by atomic mass is 79.9. The first-order valence-corrected chi connectivity index (χ1v) is 15.0. The van der Waals surface area contributed by atoms with Gasteiger partial charge in [-0.15, -0.1) is 0 Å². The number of hydrogen-bond donors (Lipinski definition) is 1. The number of aryl methyl sites for hydroxylation is 1. The minimum Gasteiger partial charge on any atom is -0.465 e. The number of likely N-dealkylation sites (tertiary alicyclic amines) is 1. The molecule has 1 N–H and O–H groups in total. The molecule has 0 saturated carbocycles. The molecular weight excluding hydrogens is 582 g/mol. The molecule has 12 heteroatoms. The monoisotopic (exact) mass is 627 g/mol. The molecule has 3 heterocycles. The lowest BCUT2D eigenvalue weighted by Crippen LogP contribution is -2.66. The number of carbonyl (C=O) groups is 3. The van der Waals surface area contributed by atoms with E-state index in [0.717, 1.165) is 12.8 Å². The maximum atomic E-state index is 14.3. The third-order valence-electron chi connectivity index (χ3n) is 7.61. The summed E-state index contributed by atoms with van der Waals surface area (Å²) in [7, 11) is 1.67. The molecule has 1 unspecified atom stereocenters. The van der Waals surface area contributed by atoms with Crippen molar-refractivity contribution in [3.05, 3.63) is 16.6 Å². The summed E-state index contributed by atoms with van der Waals surface area (Å²) in [6, 6.07) is -1.01. The SMILES string of the molecule is COCCCCn1cc(Br)nc1C(=O)N(CC(C)C)[C@H]1C[C@@H](C(=O)N2CCOCC2)CN(C(=O)O)C1C(C)(C)C. The van der Waals surface area contributed by atoms with Crippen molar-refractivity contribution < 1.29 is 29.0 Å². The second-order valence-electron chi connectivity index (χ2n) is 12.3. The number of morpholine rings is 1. The summed E-state index contributed by atoms with van der Waals surface area (Å²) in [5, 5.41) is 10.4. The predicted molar refractivity (Wildman–Crippen MR) is 154 cm³/mol. The maximum absolute atomic E-state index is 14.3. The van der Waals surface area contributed by atoms with Crippen molar-refractivity contribution >= 4 is 33.8 Å². The van der Waals surface area contributed by atoms with Crippen LogP contribution in [-0.4, -0.2) is 112 Å². The molecule has 0 aliphatic carbocycles. The Labute approximate surface area is 246 Å². The molecule has 0 spiro atoms. The lowest BCUT2D eigenvalue weighted by Gasteiger charge is -2.52. The van der Waals surface area contributed by atoms with E-state index < -0.39 is 29.5 Å². The van der Waals surface area contributed by atoms with Crippen LogP contribution in [0.3, 0.4) is 0 Å². The molecule has 1 aromatic heterocycles. The summed E-state index contributed by atoms with van der Waals surface area (Å²) in [6.07, 6.45) is 2.78. The van der Waals surface area contributed by atoms with Crippen molar-refractivity contribution in [1.82, 2.24) is 24.3 Å². The molecule has 1 aromatic rings. The zero-order valence-electron chi connectivity index (χ0n) is 24.8. The number of carbonyl (C=O) groups excluding carboxylic acids is 2. The van der Waals surface area contributed by atoms with Gasteiger partial charge in [0.25, 0.3) is 5.91 Å². The molecule has 226 valence electrons. The Morgan fingerprint density at radius 2 is 1.90 bits per heavy atom. The molecule has 2 fully saturated rings. The predicted octanol–water partition coefficient (Wildman–Crippen LogP) is 3.81. The number of imidazole rings is 1. The number of rotatable bonds is 10. The first kappa shape index (κ1) is 32.3. The fourth-order valence-corrected chi connectivity index (χ4v) is 6.37. The first-order valence-electron chi connectivity index (χ1n) is 14.2. The maximum Gasteiger partial charge on any atom is 0.407 e. The molecule has 0 aromatic carbocycles. The summed E-state index contributed by atoms with van der Waals surface area (Å²) in [6.45, 7) is 13.7. The summed E-state index contributed by atoms with van der Waals surface area (Å²) in [5.74, 6) is -0.463. The van der Waals surface area contributed by atoms with Gasteiger partial charge in [-0.3, -0.25) is 9.59 Å². The van der Waals surface area contributed by atoms with E-state index in [1.165, 1.54) is 4.90 Å². The molecule has 40 heavy (non-hydrogen) atoms. The number of carboxylic acid groups (broad SMARTS) is 1. The first-order chi connectivity index (χ1) is 18.8. The zero-order chi connectivity index (χ0) is 29.6. The normalized spacial score (nSPS) is 22.1. The topological polar surface area (TPSA) is 117 Å². The van der Waals surface area contributed by atoms with Gasteiger partial charge in [0, 0.05) is 52.6 Å². The van der Waals surface area contributed by atoms with Crippen molar-refractivity contribution in [1.29, 1.82) is 0 Å². The van der Waals surface area contributed by atoms with Crippen molar-refractivity contribution in [3.63, 3.8) is 0 Å². The third kappa shape index (κ3) is 7.97. The number of nitrogens with zero attached hydrogens (tertiary/aromatic N) is 5. The number of halogens is 1.